The summed E-state index contributed by atoms with van der Waals surface area (Å²) in [7, 11) is 0. The molecule has 2 N–H and O–H groups in total. The number of benzene rings is 1. The zero-order valence-electron chi connectivity index (χ0n) is 15.1. The van der Waals surface area contributed by atoms with Crippen molar-refractivity contribution in [2.45, 2.75) is 25.8 Å². The number of nitrogens with zero attached hydrogens (tertiary/aromatic N) is 3. The van der Waals surface area contributed by atoms with E-state index in [9.17, 15) is 23.1 Å². The Bertz CT molecular complexity index is 924. The van der Waals surface area contributed by atoms with Crippen LogP contribution in [0.3, 0.4) is 0 Å². The number of halogens is 3. The number of hydrogen-bond acceptors (Lipinski definition) is 4. The molecule has 148 valence electrons. The Morgan fingerprint density at radius 1 is 1.29 bits per heavy atom. The molecule has 1 aromatic carbocycles. The van der Waals surface area contributed by atoms with Crippen LogP contribution in [-0.2, 0) is 0 Å². The minimum Gasteiger partial charge on any atom is -0.465 e. The van der Waals surface area contributed by atoms with Gasteiger partial charge in [0.25, 0.3) is 0 Å². The zero-order valence-corrected chi connectivity index (χ0v) is 15.1. The van der Waals surface area contributed by atoms with Gasteiger partial charge < -0.3 is 15.3 Å². The monoisotopic (exact) mass is 392 g/mol. The second-order valence-electron chi connectivity index (χ2n) is 7.85. The molecule has 3 atom stereocenters. The van der Waals surface area contributed by atoms with Crippen LogP contribution in [0.2, 0.25) is 0 Å². The normalized spacial score (nSPS) is 26.4. The van der Waals surface area contributed by atoms with Gasteiger partial charge in [-0.1, -0.05) is 6.92 Å². The van der Waals surface area contributed by atoms with E-state index in [-0.39, 0.29) is 28.6 Å². The maximum atomic E-state index is 13.9. The summed E-state index contributed by atoms with van der Waals surface area (Å²) in [5.74, 6) is -2.59. The first-order valence-corrected chi connectivity index (χ1v) is 8.98. The molecular weight excluding hydrogens is 373 g/mol. The first-order chi connectivity index (χ1) is 13.2. The lowest BCUT2D eigenvalue weighted by atomic mass is 9.83. The van der Waals surface area contributed by atoms with Crippen molar-refractivity contribution >= 4 is 11.9 Å². The zero-order chi connectivity index (χ0) is 20.1. The summed E-state index contributed by atoms with van der Waals surface area (Å²) < 4.78 is 40.6. The smallest absolute Gasteiger partial charge is 0.407 e. The fourth-order valence-corrected chi connectivity index (χ4v) is 4.46. The standard InChI is InChI=1S/C19H19F3N4O2/c1-19-7-12(4-10(19)8-26(9-19)18(27)28)23-16-3-2-15(24-25-16)13-5-11(20)6-14(21)17(13)22/h2-3,5-6,10,12H,4,7-9H2,1H3,(H,23,25)(H,27,28). The van der Waals surface area contributed by atoms with Crippen LogP contribution in [0.1, 0.15) is 19.8 Å². The minimum atomic E-state index is -1.28. The van der Waals surface area contributed by atoms with Crippen molar-refractivity contribution in [2.24, 2.45) is 11.3 Å². The van der Waals surface area contributed by atoms with Gasteiger partial charge in [-0.25, -0.2) is 18.0 Å². The minimum absolute atomic E-state index is 0.0359. The lowest BCUT2D eigenvalue weighted by molar-refractivity contribution is 0.148. The number of amides is 1. The van der Waals surface area contributed by atoms with Crippen LogP contribution in [0.4, 0.5) is 23.8 Å². The lowest BCUT2D eigenvalue weighted by Crippen LogP contribution is -2.31. The largest absolute Gasteiger partial charge is 0.465 e. The predicted molar refractivity (Wildman–Crippen MR) is 95.2 cm³/mol. The topological polar surface area (TPSA) is 78.4 Å². The summed E-state index contributed by atoms with van der Waals surface area (Å²) in [4.78, 5) is 12.6. The number of anilines is 1. The number of carbonyl (C=O) groups is 1. The maximum Gasteiger partial charge on any atom is 0.407 e. The number of hydrogen-bond donors (Lipinski definition) is 2. The van der Waals surface area contributed by atoms with Crippen LogP contribution in [-0.4, -0.2) is 45.4 Å². The molecule has 28 heavy (non-hydrogen) atoms. The second-order valence-corrected chi connectivity index (χ2v) is 7.85. The average Bonchev–Trinajstić information content (AvgIpc) is 3.10. The van der Waals surface area contributed by atoms with Gasteiger partial charge in [-0.15, -0.1) is 10.2 Å². The maximum absolute atomic E-state index is 13.9. The summed E-state index contributed by atoms with van der Waals surface area (Å²) in [6.07, 6.45) is 0.727. The van der Waals surface area contributed by atoms with Crippen molar-refractivity contribution in [2.75, 3.05) is 18.4 Å². The first-order valence-electron chi connectivity index (χ1n) is 8.98. The molecule has 6 nitrogen and oxygen atoms in total. The van der Waals surface area contributed by atoms with E-state index < -0.39 is 23.5 Å². The third-order valence-electron chi connectivity index (χ3n) is 5.82. The van der Waals surface area contributed by atoms with Gasteiger partial charge in [-0.05, 0) is 42.4 Å². The molecule has 1 saturated heterocycles. The highest BCUT2D eigenvalue weighted by Gasteiger charge is 2.51. The predicted octanol–water partition coefficient (Wildman–Crippen LogP) is 3.75. The summed E-state index contributed by atoms with van der Waals surface area (Å²) in [5, 5.41) is 20.3. The number of carboxylic acid groups (broad SMARTS) is 1. The highest BCUT2D eigenvalue weighted by molar-refractivity contribution is 5.65. The highest BCUT2D eigenvalue weighted by atomic mass is 19.2. The van der Waals surface area contributed by atoms with Crippen molar-refractivity contribution < 1.29 is 23.1 Å². The Morgan fingerprint density at radius 2 is 2.07 bits per heavy atom. The van der Waals surface area contributed by atoms with Crippen LogP contribution < -0.4 is 5.32 Å². The molecular formula is C19H19F3N4O2. The highest BCUT2D eigenvalue weighted by Crippen LogP contribution is 2.49. The van der Waals surface area contributed by atoms with E-state index in [0.29, 0.717) is 25.0 Å². The summed E-state index contributed by atoms with van der Waals surface area (Å²) in [5.41, 5.74) is -0.326. The molecule has 2 heterocycles. The van der Waals surface area contributed by atoms with E-state index in [1.807, 2.05) is 0 Å². The van der Waals surface area contributed by atoms with Gasteiger partial charge in [-0.3, -0.25) is 0 Å². The van der Waals surface area contributed by atoms with Gasteiger partial charge in [0, 0.05) is 30.8 Å². The third-order valence-corrected chi connectivity index (χ3v) is 5.82. The molecule has 1 saturated carbocycles. The quantitative estimate of drug-likeness (QED) is 0.778. The molecule has 1 aliphatic heterocycles. The van der Waals surface area contributed by atoms with Crippen LogP contribution in [0.5, 0.6) is 0 Å². The molecule has 1 amide bonds. The van der Waals surface area contributed by atoms with Gasteiger partial charge in [0.15, 0.2) is 11.6 Å². The summed E-state index contributed by atoms with van der Waals surface area (Å²) >= 11 is 0. The van der Waals surface area contributed by atoms with Crippen LogP contribution in [0, 0.1) is 28.8 Å². The Hall–Kier alpha value is -2.84. The number of nitrogens with one attached hydrogen (secondary N) is 1. The molecule has 2 aliphatic rings. The van der Waals surface area contributed by atoms with Gasteiger partial charge in [0.05, 0.1) is 5.69 Å². The van der Waals surface area contributed by atoms with E-state index in [1.165, 1.54) is 11.0 Å². The summed E-state index contributed by atoms with van der Waals surface area (Å²) in [6.45, 7) is 3.14. The van der Waals surface area contributed by atoms with Gasteiger partial charge in [0.1, 0.15) is 11.6 Å². The van der Waals surface area contributed by atoms with E-state index in [1.54, 1.807) is 6.07 Å². The second kappa shape index (κ2) is 6.65. The number of aromatic nitrogens is 2. The lowest BCUT2D eigenvalue weighted by Gasteiger charge is -2.23. The number of likely N-dealkylation sites (tertiary alicyclic amines) is 1. The average molecular weight is 392 g/mol. The third kappa shape index (κ3) is 3.25. The van der Waals surface area contributed by atoms with Gasteiger partial charge in [-0.2, -0.15) is 0 Å². The van der Waals surface area contributed by atoms with E-state index in [4.69, 9.17) is 0 Å². The molecule has 3 unspecified atom stereocenters. The Kier molecular flexibility index (Phi) is 4.40. The van der Waals surface area contributed by atoms with E-state index in [2.05, 4.69) is 22.4 Å². The Labute approximate surface area is 159 Å². The van der Waals surface area contributed by atoms with Gasteiger partial charge >= 0.3 is 6.09 Å². The number of fused-ring (bicyclic) bond motifs is 1. The molecule has 4 rings (SSSR count). The molecule has 9 heteroatoms. The number of rotatable bonds is 3. The SMILES string of the molecule is CC12CC(Nc3ccc(-c4cc(F)cc(F)c4F)nn3)CC1CN(C(=O)O)C2. The first kappa shape index (κ1) is 18.5. The van der Waals surface area contributed by atoms with E-state index in [0.717, 1.165) is 18.9 Å². The molecule has 1 aromatic heterocycles. The van der Waals surface area contributed by atoms with Crippen molar-refractivity contribution in [3.8, 4) is 11.3 Å². The Balaban J connectivity index is 1.45. The fraction of sp³-hybridized carbons (Fsp3) is 0.421. The van der Waals surface area contributed by atoms with Crippen LogP contribution in [0.15, 0.2) is 24.3 Å². The van der Waals surface area contributed by atoms with Crippen LogP contribution in [0.25, 0.3) is 11.3 Å². The Morgan fingerprint density at radius 3 is 2.71 bits per heavy atom. The molecule has 2 aromatic rings. The molecule has 1 aliphatic carbocycles. The van der Waals surface area contributed by atoms with E-state index >= 15 is 0 Å². The fourth-order valence-electron chi connectivity index (χ4n) is 4.46. The molecule has 0 bridgehead atoms. The van der Waals surface area contributed by atoms with Crippen molar-refractivity contribution in [1.29, 1.82) is 0 Å². The molecule has 0 spiro atoms. The van der Waals surface area contributed by atoms with Crippen molar-refractivity contribution in [3.05, 3.63) is 41.7 Å². The van der Waals surface area contributed by atoms with Crippen LogP contribution >= 0.6 is 0 Å². The summed E-state index contributed by atoms with van der Waals surface area (Å²) in [6, 6.07) is 4.52. The van der Waals surface area contributed by atoms with Crippen molar-refractivity contribution in [1.82, 2.24) is 15.1 Å². The van der Waals surface area contributed by atoms with Gasteiger partial charge in [0.2, 0.25) is 0 Å². The molecule has 2 fully saturated rings. The molecule has 0 radical (unpaired) electrons. The van der Waals surface area contributed by atoms with Crippen molar-refractivity contribution in [3.63, 3.8) is 0 Å².